The number of fused-ring (bicyclic) bond motifs is 1. The van der Waals surface area contributed by atoms with E-state index in [1.807, 2.05) is 0 Å². The van der Waals surface area contributed by atoms with Crippen LogP contribution in [0.5, 0.6) is 0 Å². The molecule has 1 aromatic carbocycles. The van der Waals surface area contributed by atoms with Crippen molar-refractivity contribution >= 4 is 5.57 Å². The lowest BCUT2D eigenvalue weighted by Crippen LogP contribution is -2.19. The van der Waals surface area contributed by atoms with Crippen molar-refractivity contribution in [3.8, 4) is 0 Å². The van der Waals surface area contributed by atoms with Gasteiger partial charge in [-0.1, -0.05) is 69.7 Å². The Bertz CT molecular complexity index is 467. The largest absolute Gasteiger partial charge is 0.0738 e. The second-order valence-corrected chi connectivity index (χ2v) is 5.32. The van der Waals surface area contributed by atoms with Crippen LogP contribution >= 0.6 is 0 Å². The fourth-order valence-electron chi connectivity index (χ4n) is 2.69. The monoisotopic (exact) mass is 226 g/mol. The van der Waals surface area contributed by atoms with Crippen LogP contribution in [0, 0.1) is 0 Å². The molecule has 0 saturated heterocycles. The molecule has 0 aliphatic heterocycles. The molecule has 0 aromatic heterocycles. The van der Waals surface area contributed by atoms with Gasteiger partial charge in [0.1, 0.15) is 0 Å². The van der Waals surface area contributed by atoms with E-state index >= 15 is 0 Å². The van der Waals surface area contributed by atoms with E-state index in [1.54, 1.807) is 5.57 Å². The molecule has 0 radical (unpaired) electrons. The van der Waals surface area contributed by atoms with Gasteiger partial charge >= 0.3 is 0 Å². The van der Waals surface area contributed by atoms with Gasteiger partial charge in [-0.15, -0.1) is 0 Å². The Morgan fingerprint density at radius 3 is 2.35 bits per heavy atom. The predicted octanol–water partition coefficient (Wildman–Crippen LogP) is 5.11. The highest BCUT2D eigenvalue weighted by Gasteiger charge is 2.25. The Morgan fingerprint density at radius 1 is 1.06 bits per heavy atom. The molecular weight excluding hydrogens is 204 g/mol. The van der Waals surface area contributed by atoms with Crippen molar-refractivity contribution < 1.29 is 0 Å². The SMILES string of the molecule is CCC(CC)=C1C=CC(C)(C)c2ccccc21. The quantitative estimate of drug-likeness (QED) is 0.657. The van der Waals surface area contributed by atoms with E-state index in [0.29, 0.717) is 0 Å². The van der Waals surface area contributed by atoms with Crippen LogP contribution in [0.25, 0.3) is 5.57 Å². The lowest BCUT2D eigenvalue weighted by atomic mass is 9.74. The minimum atomic E-state index is 0.159. The van der Waals surface area contributed by atoms with Gasteiger partial charge in [0.2, 0.25) is 0 Å². The summed E-state index contributed by atoms with van der Waals surface area (Å²) in [7, 11) is 0. The number of benzene rings is 1. The van der Waals surface area contributed by atoms with Crippen molar-refractivity contribution in [2.75, 3.05) is 0 Å². The van der Waals surface area contributed by atoms with Crippen LogP contribution in [0.4, 0.5) is 0 Å². The van der Waals surface area contributed by atoms with Crippen LogP contribution in [0.1, 0.15) is 51.7 Å². The Kier molecular flexibility index (Phi) is 3.24. The fourth-order valence-corrected chi connectivity index (χ4v) is 2.69. The number of allylic oxidation sites excluding steroid dienone is 4. The molecule has 1 aromatic rings. The third-order valence-corrected chi connectivity index (χ3v) is 3.81. The van der Waals surface area contributed by atoms with Crippen molar-refractivity contribution in [3.63, 3.8) is 0 Å². The maximum Gasteiger partial charge on any atom is 0.00847 e. The molecule has 0 spiro atoms. The van der Waals surface area contributed by atoms with Gasteiger partial charge < -0.3 is 0 Å². The van der Waals surface area contributed by atoms with E-state index < -0.39 is 0 Å². The second-order valence-electron chi connectivity index (χ2n) is 5.32. The van der Waals surface area contributed by atoms with E-state index in [1.165, 1.54) is 16.7 Å². The summed E-state index contributed by atoms with van der Waals surface area (Å²) >= 11 is 0. The van der Waals surface area contributed by atoms with Gasteiger partial charge in [0.25, 0.3) is 0 Å². The lowest BCUT2D eigenvalue weighted by molar-refractivity contribution is 0.662. The Hall–Kier alpha value is -1.30. The third kappa shape index (κ3) is 2.09. The Balaban J connectivity index is 2.66. The normalized spacial score (nSPS) is 16.8. The fraction of sp³-hybridized carbons (Fsp3) is 0.412. The maximum atomic E-state index is 2.34. The first-order chi connectivity index (χ1) is 8.10. The lowest BCUT2D eigenvalue weighted by Gasteiger charge is -2.30. The summed E-state index contributed by atoms with van der Waals surface area (Å²) in [6, 6.07) is 8.83. The molecule has 90 valence electrons. The van der Waals surface area contributed by atoms with Gasteiger partial charge in [0, 0.05) is 5.41 Å². The highest BCUT2D eigenvalue weighted by atomic mass is 14.3. The molecule has 0 bridgehead atoms. The zero-order valence-electron chi connectivity index (χ0n) is 11.4. The smallest absolute Gasteiger partial charge is 0.00847 e. The summed E-state index contributed by atoms with van der Waals surface area (Å²) in [5, 5.41) is 0. The van der Waals surface area contributed by atoms with E-state index in [9.17, 15) is 0 Å². The molecule has 1 aliphatic rings. The van der Waals surface area contributed by atoms with Crippen molar-refractivity contribution in [2.24, 2.45) is 0 Å². The second kappa shape index (κ2) is 4.52. The standard InChI is InChI=1S/C17H22/c1-5-13(6-2)14-11-12-17(3,4)16-10-8-7-9-15(14)16/h7-12H,5-6H2,1-4H3. The number of hydrogen-bond donors (Lipinski definition) is 0. The predicted molar refractivity (Wildman–Crippen MR) is 76.1 cm³/mol. The summed E-state index contributed by atoms with van der Waals surface area (Å²) in [6.45, 7) is 9.08. The molecule has 0 amide bonds. The summed E-state index contributed by atoms with van der Waals surface area (Å²) in [4.78, 5) is 0. The molecule has 0 N–H and O–H groups in total. The average molecular weight is 226 g/mol. The molecule has 0 atom stereocenters. The topological polar surface area (TPSA) is 0 Å². The summed E-state index contributed by atoms with van der Waals surface area (Å²) in [6.07, 6.45) is 6.95. The number of rotatable bonds is 2. The molecule has 0 unspecified atom stereocenters. The molecule has 2 rings (SSSR count). The minimum absolute atomic E-state index is 0.159. The van der Waals surface area contributed by atoms with Crippen LogP contribution in [0.3, 0.4) is 0 Å². The van der Waals surface area contributed by atoms with Gasteiger partial charge in [-0.25, -0.2) is 0 Å². The molecule has 1 aliphatic carbocycles. The van der Waals surface area contributed by atoms with Crippen LogP contribution in [-0.2, 0) is 5.41 Å². The molecular formula is C17H22. The maximum absolute atomic E-state index is 2.34. The van der Waals surface area contributed by atoms with Gasteiger partial charge in [-0.2, -0.15) is 0 Å². The number of hydrogen-bond acceptors (Lipinski definition) is 0. The minimum Gasteiger partial charge on any atom is -0.0738 e. The molecule has 0 fully saturated rings. The van der Waals surface area contributed by atoms with E-state index in [4.69, 9.17) is 0 Å². The molecule has 0 heterocycles. The van der Waals surface area contributed by atoms with E-state index in [-0.39, 0.29) is 5.41 Å². The highest BCUT2D eigenvalue weighted by Crippen LogP contribution is 2.39. The van der Waals surface area contributed by atoms with Crippen LogP contribution in [-0.4, -0.2) is 0 Å². The Morgan fingerprint density at radius 2 is 1.71 bits per heavy atom. The van der Waals surface area contributed by atoms with Gasteiger partial charge in [-0.3, -0.25) is 0 Å². The zero-order chi connectivity index (χ0) is 12.5. The van der Waals surface area contributed by atoms with Crippen LogP contribution in [0.15, 0.2) is 42.0 Å². The zero-order valence-corrected chi connectivity index (χ0v) is 11.4. The molecule has 0 heteroatoms. The molecule has 0 nitrogen and oxygen atoms in total. The van der Waals surface area contributed by atoms with E-state index in [0.717, 1.165) is 12.8 Å². The summed E-state index contributed by atoms with van der Waals surface area (Å²) in [5.74, 6) is 0. The summed E-state index contributed by atoms with van der Waals surface area (Å²) < 4.78 is 0. The van der Waals surface area contributed by atoms with Crippen molar-refractivity contribution in [1.29, 1.82) is 0 Å². The van der Waals surface area contributed by atoms with Gasteiger partial charge in [0.15, 0.2) is 0 Å². The third-order valence-electron chi connectivity index (χ3n) is 3.81. The van der Waals surface area contributed by atoms with Crippen molar-refractivity contribution in [1.82, 2.24) is 0 Å². The van der Waals surface area contributed by atoms with Gasteiger partial charge in [-0.05, 0) is 29.5 Å². The summed E-state index contributed by atoms with van der Waals surface area (Å²) in [5.41, 5.74) is 6.05. The van der Waals surface area contributed by atoms with Crippen LogP contribution < -0.4 is 0 Å². The average Bonchev–Trinajstić information content (AvgIpc) is 2.34. The highest BCUT2D eigenvalue weighted by molar-refractivity contribution is 5.81. The van der Waals surface area contributed by atoms with Crippen molar-refractivity contribution in [3.05, 3.63) is 53.1 Å². The molecule has 0 saturated carbocycles. The van der Waals surface area contributed by atoms with Crippen molar-refractivity contribution in [2.45, 2.75) is 46.0 Å². The first-order valence-electron chi connectivity index (χ1n) is 6.61. The Labute approximate surface area is 105 Å². The van der Waals surface area contributed by atoms with Gasteiger partial charge in [0.05, 0.1) is 0 Å². The van der Waals surface area contributed by atoms with E-state index in [2.05, 4.69) is 64.1 Å². The first-order valence-corrected chi connectivity index (χ1v) is 6.61. The molecule has 17 heavy (non-hydrogen) atoms. The first kappa shape index (κ1) is 12.2. The van der Waals surface area contributed by atoms with Crippen LogP contribution in [0.2, 0.25) is 0 Å².